The summed E-state index contributed by atoms with van der Waals surface area (Å²) in [6, 6.07) is 0.690. The first-order chi connectivity index (χ1) is 8.83. The maximum atomic E-state index is 4.63. The van der Waals surface area contributed by atoms with Gasteiger partial charge >= 0.3 is 0 Å². The predicted octanol–water partition coefficient (Wildman–Crippen LogP) is 4.84. The number of hydrazone groups is 1. The van der Waals surface area contributed by atoms with Gasteiger partial charge in [0.25, 0.3) is 0 Å². The largest absolute Gasteiger partial charge is 0.294 e. The molecule has 0 fully saturated rings. The van der Waals surface area contributed by atoms with E-state index in [0.717, 1.165) is 0 Å². The van der Waals surface area contributed by atoms with Crippen LogP contribution in [0.3, 0.4) is 0 Å². The Bertz CT molecular complexity index is 225. The quantitative estimate of drug-likeness (QED) is 0.508. The lowest BCUT2D eigenvalue weighted by Crippen LogP contribution is -2.32. The third-order valence-electron chi connectivity index (χ3n) is 4.08. The van der Waals surface area contributed by atoms with Crippen molar-refractivity contribution in [3.63, 3.8) is 0 Å². The average Bonchev–Trinajstić information content (AvgIpc) is 2.77. The Kier molecular flexibility index (Phi) is 8.11. The van der Waals surface area contributed by atoms with Crippen LogP contribution >= 0.6 is 0 Å². The molecule has 0 spiro atoms. The molecule has 1 aliphatic heterocycles. The molecular weight excluding hydrogens is 220 g/mol. The van der Waals surface area contributed by atoms with Crippen LogP contribution < -0.4 is 0 Å². The van der Waals surface area contributed by atoms with Crippen LogP contribution in [0.25, 0.3) is 0 Å². The van der Waals surface area contributed by atoms with Crippen LogP contribution in [-0.4, -0.2) is 23.8 Å². The molecule has 0 saturated carbocycles. The van der Waals surface area contributed by atoms with E-state index in [1.54, 1.807) is 0 Å². The van der Waals surface area contributed by atoms with Crippen LogP contribution in [0.5, 0.6) is 0 Å². The summed E-state index contributed by atoms with van der Waals surface area (Å²) >= 11 is 0. The van der Waals surface area contributed by atoms with E-state index in [2.05, 4.69) is 37.1 Å². The Labute approximate surface area is 114 Å². The van der Waals surface area contributed by atoms with E-state index < -0.39 is 0 Å². The summed E-state index contributed by atoms with van der Waals surface area (Å²) < 4.78 is 0. The summed E-state index contributed by atoms with van der Waals surface area (Å²) in [4.78, 5) is 0. The molecule has 18 heavy (non-hydrogen) atoms. The summed E-state index contributed by atoms with van der Waals surface area (Å²) in [6.45, 7) is 8.02. The lowest BCUT2D eigenvalue weighted by molar-refractivity contribution is 0.183. The van der Waals surface area contributed by atoms with Crippen molar-refractivity contribution in [2.75, 3.05) is 6.54 Å². The predicted molar refractivity (Wildman–Crippen MR) is 81.1 cm³/mol. The molecule has 0 aromatic carbocycles. The van der Waals surface area contributed by atoms with Gasteiger partial charge in [0.2, 0.25) is 0 Å². The SMILES string of the molecule is CCCCCCCCN1N=C[C@@H](CC)[C@@H]1CCC. The highest BCUT2D eigenvalue weighted by atomic mass is 15.5. The average molecular weight is 252 g/mol. The standard InChI is InChI=1S/C16H32N2/c1-4-7-8-9-10-11-13-18-16(12-5-2)15(6-3)14-17-18/h14-16H,4-13H2,1-3H3/t15-,16+/m1/s1. The smallest absolute Gasteiger partial charge is 0.0548 e. The van der Waals surface area contributed by atoms with Gasteiger partial charge in [-0.2, -0.15) is 5.10 Å². The normalized spacial score (nSPS) is 22.9. The van der Waals surface area contributed by atoms with Crippen molar-refractivity contribution in [1.29, 1.82) is 0 Å². The van der Waals surface area contributed by atoms with Crippen LogP contribution in [0.2, 0.25) is 0 Å². The third kappa shape index (κ3) is 4.99. The highest BCUT2D eigenvalue weighted by molar-refractivity contribution is 5.63. The molecule has 1 aliphatic rings. The van der Waals surface area contributed by atoms with Gasteiger partial charge < -0.3 is 0 Å². The molecule has 0 N–H and O–H groups in total. The van der Waals surface area contributed by atoms with Crippen molar-refractivity contribution in [3.05, 3.63) is 0 Å². The Balaban J connectivity index is 2.18. The van der Waals surface area contributed by atoms with Gasteiger partial charge in [0.1, 0.15) is 0 Å². The van der Waals surface area contributed by atoms with Gasteiger partial charge in [-0.15, -0.1) is 0 Å². The lowest BCUT2D eigenvalue weighted by atomic mass is 9.95. The minimum absolute atomic E-state index is 0.690. The van der Waals surface area contributed by atoms with Gasteiger partial charge in [-0.25, -0.2) is 0 Å². The first-order valence-corrected chi connectivity index (χ1v) is 8.14. The highest BCUT2D eigenvalue weighted by Gasteiger charge is 2.27. The molecule has 0 radical (unpaired) electrons. The van der Waals surface area contributed by atoms with E-state index in [1.165, 1.54) is 64.3 Å². The zero-order valence-electron chi connectivity index (χ0n) is 12.7. The molecule has 0 aliphatic carbocycles. The van der Waals surface area contributed by atoms with Crippen LogP contribution in [0.1, 0.15) is 78.6 Å². The summed E-state index contributed by atoms with van der Waals surface area (Å²) in [5.41, 5.74) is 0. The zero-order chi connectivity index (χ0) is 13.2. The zero-order valence-corrected chi connectivity index (χ0v) is 12.7. The molecule has 2 heteroatoms. The molecule has 0 bridgehead atoms. The first kappa shape index (κ1) is 15.5. The van der Waals surface area contributed by atoms with Crippen LogP contribution in [0.4, 0.5) is 0 Å². The van der Waals surface area contributed by atoms with Gasteiger partial charge in [-0.1, -0.05) is 59.3 Å². The van der Waals surface area contributed by atoms with Gasteiger partial charge in [-0.05, 0) is 19.3 Å². The molecule has 1 heterocycles. The minimum Gasteiger partial charge on any atom is -0.294 e. The Morgan fingerprint density at radius 2 is 1.67 bits per heavy atom. The summed E-state index contributed by atoms with van der Waals surface area (Å²) in [7, 11) is 0. The van der Waals surface area contributed by atoms with E-state index in [9.17, 15) is 0 Å². The number of hydrogen-bond donors (Lipinski definition) is 0. The molecule has 1 rings (SSSR count). The highest BCUT2D eigenvalue weighted by Crippen LogP contribution is 2.24. The lowest BCUT2D eigenvalue weighted by Gasteiger charge is -2.27. The van der Waals surface area contributed by atoms with Crippen LogP contribution in [0.15, 0.2) is 5.10 Å². The van der Waals surface area contributed by atoms with E-state index >= 15 is 0 Å². The maximum Gasteiger partial charge on any atom is 0.0548 e. The fraction of sp³-hybridized carbons (Fsp3) is 0.938. The van der Waals surface area contributed by atoms with E-state index in [0.29, 0.717) is 12.0 Å². The number of nitrogens with zero attached hydrogens (tertiary/aromatic N) is 2. The summed E-state index contributed by atoms with van der Waals surface area (Å²) in [6.07, 6.45) is 14.3. The van der Waals surface area contributed by atoms with Crippen molar-refractivity contribution in [2.45, 2.75) is 84.6 Å². The fourth-order valence-corrected chi connectivity index (χ4v) is 2.89. The van der Waals surface area contributed by atoms with Crippen LogP contribution in [0, 0.1) is 5.92 Å². The van der Waals surface area contributed by atoms with Crippen molar-refractivity contribution in [1.82, 2.24) is 5.01 Å². The number of rotatable bonds is 10. The van der Waals surface area contributed by atoms with E-state index in [1.807, 2.05) is 0 Å². The first-order valence-electron chi connectivity index (χ1n) is 8.14. The Morgan fingerprint density at radius 1 is 0.944 bits per heavy atom. The topological polar surface area (TPSA) is 15.6 Å². The van der Waals surface area contributed by atoms with Gasteiger partial charge in [-0.3, -0.25) is 5.01 Å². The molecule has 106 valence electrons. The second-order valence-corrected chi connectivity index (χ2v) is 5.62. The van der Waals surface area contributed by atoms with Gasteiger partial charge in [0.05, 0.1) is 6.04 Å². The minimum atomic E-state index is 0.690. The number of unbranched alkanes of at least 4 members (excludes halogenated alkanes) is 5. The third-order valence-corrected chi connectivity index (χ3v) is 4.08. The summed E-state index contributed by atoms with van der Waals surface area (Å²) in [5, 5.41) is 7.00. The Hall–Kier alpha value is -0.530. The second kappa shape index (κ2) is 9.41. The van der Waals surface area contributed by atoms with Crippen LogP contribution in [-0.2, 0) is 0 Å². The molecule has 2 nitrogen and oxygen atoms in total. The summed E-state index contributed by atoms with van der Waals surface area (Å²) in [5.74, 6) is 0.699. The van der Waals surface area contributed by atoms with Crippen molar-refractivity contribution in [2.24, 2.45) is 11.0 Å². The fourth-order valence-electron chi connectivity index (χ4n) is 2.89. The van der Waals surface area contributed by atoms with Gasteiger partial charge in [0, 0.05) is 18.7 Å². The van der Waals surface area contributed by atoms with Crippen molar-refractivity contribution >= 4 is 6.21 Å². The monoisotopic (exact) mass is 252 g/mol. The second-order valence-electron chi connectivity index (χ2n) is 5.62. The molecule has 0 saturated heterocycles. The molecular formula is C16H32N2. The molecule has 0 amide bonds. The number of hydrogen-bond acceptors (Lipinski definition) is 2. The molecule has 0 aromatic rings. The molecule has 0 unspecified atom stereocenters. The van der Waals surface area contributed by atoms with Crippen molar-refractivity contribution < 1.29 is 0 Å². The van der Waals surface area contributed by atoms with Crippen molar-refractivity contribution in [3.8, 4) is 0 Å². The Morgan fingerprint density at radius 3 is 2.33 bits per heavy atom. The van der Waals surface area contributed by atoms with E-state index in [-0.39, 0.29) is 0 Å². The molecule has 0 aromatic heterocycles. The maximum absolute atomic E-state index is 4.63. The van der Waals surface area contributed by atoms with Gasteiger partial charge in [0.15, 0.2) is 0 Å². The molecule has 2 atom stereocenters. The van der Waals surface area contributed by atoms with E-state index in [4.69, 9.17) is 0 Å².